The maximum absolute atomic E-state index is 11.9. The number of H-pyrrole nitrogens is 2. The molecule has 0 saturated heterocycles. The van der Waals surface area contributed by atoms with Crippen molar-refractivity contribution in [1.82, 2.24) is 14.4 Å². The van der Waals surface area contributed by atoms with Crippen LogP contribution in [-0.2, 0) is 0 Å². The van der Waals surface area contributed by atoms with Gasteiger partial charge >= 0.3 is 5.69 Å². The van der Waals surface area contributed by atoms with Gasteiger partial charge in [-0.1, -0.05) is 24.4 Å². The topological polar surface area (TPSA) is 76.8 Å². The van der Waals surface area contributed by atoms with E-state index in [-0.39, 0.29) is 15.9 Å². The Hall–Kier alpha value is -2.39. The second-order valence-corrected chi connectivity index (χ2v) is 3.98. The molecular formula is C11H6N4OS. The van der Waals surface area contributed by atoms with Crippen LogP contribution in [0.25, 0.3) is 16.7 Å². The van der Waals surface area contributed by atoms with Crippen molar-refractivity contribution in [3.63, 3.8) is 0 Å². The van der Waals surface area contributed by atoms with Gasteiger partial charge in [-0.3, -0.25) is 4.98 Å². The summed E-state index contributed by atoms with van der Waals surface area (Å²) in [6.07, 6.45) is 0. The first-order valence-corrected chi connectivity index (χ1v) is 5.29. The fourth-order valence-electron chi connectivity index (χ4n) is 1.89. The molecule has 0 amide bonds. The predicted octanol–water partition coefficient (Wildman–Crippen LogP) is 1.71. The van der Waals surface area contributed by atoms with E-state index in [1.807, 2.05) is 24.3 Å². The SMILES string of the molecule is N#Cc1c(=S)[nH]c(=O)n2c1[nH]c1ccccc12. The summed E-state index contributed by atoms with van der Waals surface area (Å²) in [5.74, 6) is 0. The Morgan fingerprint density at radius 1 is 1.29 bits per heavy atom. The highest BCUT2D eigenvalue weighted by atomic mass is 32.1. The van der Waals surface area contributed by atoms with Crippen LogP contribution in [0.4, 0.5) is 0 Å². The summed E-state index contributed by atoms with van der Waals surface area (Å²) in [6, 6.07) is 9.33. The van der Waals surface area contributed by atoms with Crippen molar-refractivity contribution in [2.24, 2.45) is 0 Å². The molecule has 0 bridgehead atoms. The molecule has 17 heavy (non-hydrogen) atoms. The van der Waals surface area contributed by atoms with Crippen molar-refractivity contribution in [3.05, 3.63) is 45.0 Å². The Balaban J connectivity index is 2.76. The molecule has 2 heterocycles. The zero-order valence-electron chi connectivity index (χ0n) is 8.52. The third-order valence-electron chi connectivity index (χ3n) is 2.62. The number of nitrogens with one attached hydrogen (secondary N) is 2. The van der Waals surface area contributed by atoms with Crippen molar-refractivity contribution in [1.29, 1.82) is 5.26 Å². The van der Waals surface area contributed by atoms with Gasteiger partial charge in [0.15, 0.2) is 0 Å². The number of imidazole rings is 1. The molecular weight excluding hydrogens is 236 g/mol. The molecule has 6 heteroatoms. The quantitative estimate of drug-likeness (QED) is 0.589. The van der Waals surface area contributed by atoms with Crippen molar-refractivity contribution in [3.8, 4) is 6.07 Å². The summed E-state index contributed by atoms with van der Waals surface area (Å²) in [7, 11) is 0. The van der Waals surface area contributed by atoms with E-state index in [1.165, 1.54) is 4.40 Å². The van der Waals surface area contributed by atoms with E-state index >= 15 is 0 Å². The van der Waals surface area contributed by atoms with Gasteiger partial charge in [0.2, 0.25) is 0 Å². The minimum absolute atomic E-state index is 0.157. The average Bonchev–Trinajstić information content (AvgIpc) is 2.68. The van der Waals surface area contributed by atoms with E-state index in [4.69, 9.17) is 17.5 Å². The van der Waals surface area contributed by atoms with Crippen LogP contribution in [0.3, 0.4) is 0 Å². The Labute approximate surface area is 99.9 Å². The zero-order valence-corrected chi connectivity index (χ0v) is 9.34. The van der Waals surface area contributed by atoms with Crippen LogP contribution in [0.15, 0.2) is 29.1 Å². The number of aromatic nitrogens is 3. The Bertz CT molecular complexity index is 894. The monoisotopic (exact) mass is 242 g/mol. The second-order valence-electron chi connectivity index (χ2n) is 3.57. The molecule has 0 fully saturated rings. The van der Waals surface area contributed by atoms with Gasteiger partial charge in [0.25, 0.3) is 0 Å². The molecule has 0 aliphatic rings. The van der Waals surface area contributed by atoms with Crippen LogP contribution in [0.5, 0.6) is 0 Å². The number of nitrogens with zero attached hydrogens (tertiary/aromatic N) is 2. The first-order chi connectivity index (χ1) is 8.22. The fraction of sp³-hybridized carbons (Fsp3) is 0. The van der Waals surface area contributed by atoms with Crippen molar-refractivity contribution >= 4 is 28.9 Å². The van der Waals surface area contributed by atoms with Gasteiger partial charge < -0.3 is 4.98 Å². The number of aromatic amines is 2. The molecule has 2 aromatic heterocycles. The Kier molecular flexibility index (Phi) is 1.90. The lowest BCUT2D eigenvalue weighted by atomic mass is 10.3. The van der Waals surface area contributed by atoms with Gasteiger partial charge in [0.05, 0.1) is 11.0 Å². The predicted molar refractivity (Wildman–Crippen MR) is 65.4 cm³/mol. The number of benzene rings is 1. The summed E-state index contributed by atoms with van der Waals surface area (Å²) in [6.45, 7) is 0. The third kappa shape index (κ3) is 1.23. The molecule has 82 valence electrons. The van der Waals surface area contributed by atoms with Gasteiger partial charge in [-0.2, -0.15) is 5.26 Å². The average molecular weight is 242 g/mol. The highest BCUT2D eigenvalue weighted by Crippen LogP contribution is 2.16. The maximum Gasteiger partial charge on any atom is 0.332 e. The van der Waals surface area contributed by atoms with Crippen LogP contribution >= 0.6 is 12.2 Å². The summed E-state index contributed by atoms with van der Waals surface area (Å²) in [5, 5.41) is 9.06. The minimum atomic E-state index is -0.346. The van der Waals surface area contributed by atoms with Crippen LogP contribution in [0.2, 0.25) is 0 Å². The molecule has 0 radical (unpaired) electrons. The van der Waals surface area contributed by atoms with Crippen LogP contribution in [-0.4, -0.2) is 14.4 Å². The van der Waals surface area contributed by atoms with Gasteiger partial charge in [-0.15, -0.1) is 0 Å². The van der Waals surface area contributed by atoms with Crippen molar-refractivity contribution < 1.29 is 0 Å². The summed E-state index contributed by atoms with van der Waals surface area (Å²) < 4.78 is 1.58. The van der Waals surface area contributed by atoms with Crippen molar-refractivity contribution in [2.75, 3.05) is 0 Å². The second kappa shape index (κ2) is 3.30. The summed E-state index contributed by atoms with van der Waals surface area (Å²) in [5.41, 5.74) is 1.87. The maximum atomic E-state index is 11.9. The largest absolute Gasteiger partial charge is 0.338 e. The lowest BCUT2D eigenvalue weighted by Gasteiger charge is -1.95. The number of nitriles is 1. The van der Waals surface area contributed by atoms with Gasteiger partial charge in [0, 0.05) is 0 Å². The van der Waals surface area contributed by atoms with Gasteiger partial charge in [0.1, 0.15) is 21.9 Å². The molecule has 1 aromatic carbocycles. The van der Waals surface area contributed by atoms with Crippen LogP contribution < -0.4 is 5.69 Å². The summed E-state index contributed by atoms with van der Waals surface area (Å²) in [4.78, 5) is 17.4. The number of fused-ring (bicyclic) bond motifs is 3. The standard InChI is InChI=1S/C11H6N4OS/c12-5-6-9-13-7-3-1-2-4-8(7)15(9)11(16)14-10(6)17/h1-4,13H,(H,14,16,17). The van der Waals surface area contributed by atoms with E-state index in [0.29, 0.717) is 5.65 Å². The van der Waals surface area contributed by atoms with E-state index in [2.05, 4.69) is 9.97 Å². The number of hydrogen-bond donors (Lipinski definition) is 2. The lowest BCUT2D eigenvalue weighted by molar-refractivity contribution is 1.01. The van der Waals surface area contributed by atoms with Crippen LogP contribution in [0, 0.1) is 16.0 Å². The Morgan fingerprint density at radius 3 is 2.82 bits per heavy atom. The minimum Gasteiger partial charge on any atom is -0.338 e. The lowest BCUT2D eigenvalue weighted by Crippen LogP contribution is -2.17. The normalized spacial score (nSPS) is 10.8. The van der Waals surface area contributed by atoms with Crippen LogP contribution in [0.1, 0.15) is 5.56 Å². The van der Waals surface area contributed by atoms with E-state index in [9.17, 15) is 4.79 Å². The Morgan fingerprint density at radius 2 is 2.06 bits per heavy atom. The zero-order chi connectivity index (χ0) is 12.0. The van der Waals surface area contributed by atoms with Gasteiger partial charge in [-0.25, -0.2) is 9.20 Å². The molecule has 3 rings (SSSR count). The smallest absolute Gasteiger partial charge is 0.332 e. The molecule has 0 spiro atoms. The van der Waals surface area contributed by atoms with E-state index in [0.717, 1.165) is 11.0 Å². The van der Waals surface area contributed by atoms with Crippen molar-refractivity contribution in [2.45, 2.75) is 0 Å². The van der Waals surface area contributed by atoms with E-state index < -0.39 is 0 Å². The molecule has 5 nitrogen and oxygen atoms in total. The number of rotatable bonds is 0. The highest BCUT2D eigenvalue weighted by Gasteiger charge is 2.10. The summed E-state index contributed by atoms with van der Waals surface area (Å²) >= 11 is 4.96. The first kappa shape index (κ1) is 9.81. The number of hydrogen-bond acceptors (Lipinski definition) is 3. The third-order valence-corrected chi connectivity index (χ3v) is 2.93. The van der Waals surface area contributed by atoms with Gasteiger partial charge in [-0.05, 0) is 12.1 Å². The molecule has 0 aliphatic carbocycles. The fourth-order valence-corrected chi connectivity index (χ4v) is 2.12. The molecule has 2 N–H and O–H groups in total. The number of para-hydroxylation sites is 2. The molecule has 0 saturated carbocycles. The molecule has 0 aliphatic heterocycles. The first-order valence-electron chi connectivity index (χ1n) is 4.88. The molecule has 3 aromatic rings. The molecule has 0 atom stereocenters. The van der Waals surface area contributed by atoms with E-state index in [1.54, 1.807) is 6.07 Å². The highest BCUT2D eigenvalue weighted by molar-refractivity contribution is 7.71. The molecule has 0 unspecified atom stereocenters.